The van der Waals surface area contributed by atoms with E-state index in [1.54, 1.807) is 6.33 Å². The van der Waals surface area contributed by atoms with Crippen LogP contribution >= 0.6 is 0 Å². The van der Waals surface area contributed by atoms with Crippen molar-refractivity contribution in [2.24, 2.45) is 10.8 Å². The van der Waals surface area contributed by atoms with Crippen molar-refractivity contribution in [1.29, 1.82) is 0 Å². The molecule has 3 aromatic rings. The van der Waals surface area contributed by atoms with Gasteiger partial charge in [-0.2, -0.15) is 0 Å². The number of imidazole rings is 1. The summed E-state index contributed by atoms with van der Waals surface area (Å²) in [5.74, 6) is -0.0325. The molecule has 2 fully saturated rings. The Morgan fingerprint density at radius 2 is 1.81 bits per heavy atom. The van der Waals surface area contributed by atoms with E-state index in [0.29, 0.717) is 17.3 Å². The molecule has 1 aromatic heterocycles. The fourth-order valence-electron chi connectivity index (χ4n) is 6.05. The van der Waals surface area contributed by atoms with Crippen LogP contribution in [0.3, 0.4) is 0 Å². The first-order valence-electron chi connectivity index (χ1n) is 11.3. The Morgan fingerprint density at radius 1 is 1.06 bits per heavy atom. The molecular weight excluding hydrogens is 400 g/mol. The van der Waals surface area contributed by atoms with Crippen molar-refractivity contribution in [3.8, 4) is 0 Å². The third-order valence-corrected chi connectivity index (χ3v) is 6.93. The number of rotatable bonds is 4. The Kier molecular flexibility index (Phi) is 4.84. The van der Waals surface area contributed by atoms with Crippen LogP contribution in [0.15, 0.2) is 54.9 Å². The van der Waals surface area contributed by atoms with Crippen LogP contribution in [0.25, 0.3) is 11.0 Å². The number of fused-ring (bicyclic) bond motifs is 3. The van der Waals surface area contributed by atoms with Crippen LogP contribution in [-0.2, 0) is 11.3 Å². The molecule has 0 radical (unpaired) electrons. The number of para-hydroxylation sites is 2. The largest absolute Gasteiger partial charge is 0.335 e. The van der Waals surface area contributed by atoms with Crippen LogP contribution in [0.2, 0.25) is 0 Å². The normalized spacial score (nSPS) is 24.0. The lowest BCUT2D eigenvalue weighted by Crippen LogP contribution is -2.37. The fourth-order valence-corrected chi connectivity index (χ4v) is 6.05. The van der Waals surface area contributed by atoms with Gasteiger partial charge in [-0.3, -0.25) is 9.59 Å². The maximum absolute atomic E-state index is 13.2. The molecule has 0 spiro atoms. The van der Waals surface area contributed by atoms with Crippen molar-refractivity contribution in [2.75, 3.05) is 11.9 Å². The summed E-state index contributed by atoms with van der Waals surface area (Å²) >= 11 is 0. The van der Waals surface area contributed by atoms with Gasteiger partial charge in [0.1, 0.15) is 6.54 Å². The van der Waals surface area contributed by atoms with E-state index in [9.17, 15) is 9.59 Å². The van der Waals surface area contributed by atoms with E-state index in [4.69, 9.17) is 0 Å². The highest BCUT2D eigenvalue weighted by Crippen LogP contribution is 2.52. The fraction of sp³-hybridized carbons (Fsp3) is 0.423. The summed E-state index contributed by atoms with van der Waals surface area (Å²) in [6.45, 7) is 7.96. The molecule has 2 unspecified atom stereocenters. The van der Waals surface area contributed by atoms with Crippen LogP contribution in [0.4, 0.5) is 5.69 Å². The van der Waals surface area contributed by atoms with Crippen molar-refractivity contribution in [1.82, 2.24) is 14.5 Å². The zero-order valence-corrected chi connectivity index (χ0v) is 19.0. The molecule has 32 heavy (non-hydrogen) atoms. The molecule has 166 valence electrons. The molecule has 2 bridgehead atoms. The van der Waals surface area contributed by atoms with Gasteiger partial charge < -0.3 is 14.8 Å². The summed E-state index contributed by atoms with van der Waals surface area (Å²) in [5.41, 5.74) is 3.65. The number of carbonyl (C=O) groups is 2. The summed E-state index contributed by atoms with van der Waals surface area (Å²) in [5, 5.41) is 2.92. The first kappa shape index (κ1) is 20.7. The van der Waals surface area contributed by atoms with Crippen LogP contribution in [-0.4, -0.2) is 38.9 Å². The zero-order chi connectivity index (χ0) is 22.5. The van der Waals surface area contributed by atoms with E-state index in [1.807, 2.05) is 53.1 Å². The Bertz CT molecular complexity index is 1180. The quantitative estimate of drug-likeness (QED) is 0.651. The standard InChI is InChI=1S/C26H30N4O2/c1-25(2)12-20-13-26(3,15-25)16-30(20)24(32)18-8-10-19(11-9-18)28-23(31)14-29-17-27-21-6-4-5-7-22(21)29/h4-11,17,20H,12-16H2,1-3H3,(H,28,31). The molecule has 1 saturated heterocycles. The minimum Gasteiger partial charge on any atom is -0.335 e. The van der Waals surface area contributed by atoms with Crippen molar-refractivity contribution < 1.29 is 9.59 Å². The molecule has 5 rings (SSSR count). The molecule has 2 aromatic carbocycles. The number of likely N-dealkylation sites (tertiary alicyclic amines) is 1. The van der Waals surface area contributed by atoms with Crippen LogP contribution in [0, 0.1) is 10.8 Å². The van der Waals surface area contributed by atoms with Gasteiger partial charge in [0, 0.05) is 23.8 Å². The second kappa shape index (κ2) is 7.47. The minimum atomic E-state index is -0.129. The smallest absolute Gasteiger partial charge is 0.254 e. The van der Waals surface area contributed by atoms with Crippen LogP contribution < -0.4 is 5.32 Å². The third-order valence-electron chi connectivity index (χ3n) is 6.93. The van der Waals surface area contributed by atoms with Gasteiger partial charge >= 0.3 is 0 Å². The maximum atomic E-state index is 13.2. The molecular formula is C26H30N4O2. The molecule has 2 aliphatic rings. The Labute approximate surface area is 188 Å². The Morgan fingerprint density at radius 3 is 2.59 bits per heavy atom. The minimum absolute atomic E-state index is 0.0965. The number of hydrogen-bond donors (Lipinski definition) is 1. The predicted molar refractivity (Wildman–Crippen MR) is 125 cm³/mol. The van der Waals surface area contributed by atoms with Gasteiger partial charge in [0.05, 0.1) is 17.4 Å². The van der Waals surface area contributed by atoms with E-state index in [0.717, 1.165) is 36.8 Å². The lowest BCUT2D eigenvalue weighted by atomic mass is 9.65. The highest BCUT2D eigenvalue weighted by molar-refractivity contribution is 5.96. The molecule has 6 heteroatoms. The molecule has 6 nitrogen and oxygen atoms in total. The van der Waals surface area contributed by atoms with Crippen molar-refractivity contribution in [3.63, 3.8) is 0 Å². The number of aromatic nitrogens is 2. The van der Waals surface area contributed by atoms with E-state index < -0.39 is 0 Å². The summed E-state index contributed by atoms with van der Waals surface area (Å²) in [6, 6.07) is 15.3. The lowest BCUT2D eigenvalue weighted by molar-refractivity contribution is -0.116. The molecule has 2 heterocycles. The zero-order valence-electron chi connectivity index (χ0n) is 19.0. The van der Waals surface area contributed by atoms with E-state index in [2.05, 4.69) is 36.0 Å². The van der Waals surface area contributed by atoms with Gasteiger partial charge in [0.2, 0.25) is 5.91 Å². The SMILES string of the molecule is CC1(C)CC2CC(C)(CN2C(=O)c2ccc(NC(=O)Cn3cnc4ccccc43)cc2)C1. The number of benzene rings is 2. The average molecular weight is 431 g/mol. The first-order chi connectivity index (χ1) is 15.2. The molecule has 2 amide bonds. The Hall–Kier alpha value is -3.15. The monoisotopic (exact) mass is 430 g/mol. The summed E-state index contributed by atoms with van der Waals surface area (Å²) < 4.78 is 1.83. The van der Waals surface area contributed by atoms with Gasteiger partial charge in [-0.05, 0) is 66.5 Å². The number of amides is 2. The number of nitrogens with zero attached hydrogens (tertiary/aromatic N) is 3. The number of anilines is 1. The van der Waals surface area contributed by atoms with Gasteiger partial charge in [-0.25, -0.2) is 4.98 Å². The second-order valence-corrected chi connectivity index (χ2v) is 10.6. The highest BCUT2D eigenvalue weighted by atomic mass is 16.2. The number of hydrogen-bond acceptors (Lipinski definition) is 3. The summed E-state index contributed by atoms with van der Waals surface area (Å²) in [4.78, 5) is 32.2. The lowest BCUT2D eigenvalue weighted by Gasteiger charge is -2.39. The van der Waals surface area contributed by atoms with Gasteiger partial charge in [0.25, 0.3) is 5.91 Å². The maximum Gasteiger partial charge on any atom is 0.254 e. The highest BCUT2D eigenvalue weighted by Gasteiger charge is 2.50. The van der Waals surface area contributed by atoms with Crippen LogP contribution in [0.1, 0.15) is 50.4 Å². The molecule has 1 N–H and O–H groups in total. The van der Waals surface area contributed by atoms with Crippen LogP contribution in [0.5, 0.6) is 0 Å². The third kappa shape index (κ3) is 3.90. The van der Waals surface area contributed by atoms with Gasteiger partial charge in [0.15, 0.2) is 0 Å². The number of nitrogens with one attached hydrogen (secondary N) is 1. The first-order valence-corrected chi connectivity index (χ1v) is 11.3. The summed E-state index contributed by atoms with van der Waals surface area (Å²) in [7, 11) is 0. The Balaban J connectivity index is 1.24. The summed E-state index contributed by atoms with van der Waals surface area (Å²) in [6.07, 6.45) is 5.00. The molecule has 1 aliphatic carbocycles. The van der Waals surface area contributed by atoms with Crippen molar-refractivity contribution >= 4 is 28.5 Å². The molecule has 1 aliphatic heterocycles. The topological polar surface area (TPSA) is 67.2 Å². The van der Waals surface area contributed by atoms with Crippen molar-refractivity contribution in [2.45, 2.75) is 52.6 Å². The van der Waals surface area contributed by atoms with Gasteiger partial charge in [-0.1, -0.05) is 32.9 Å². The van der Waals surface area contributed by atoms with Gasteiger partial charge in [-0.15, -0.1) is 0 Å². The predicted octanol–water partition coefficient (Wildman–Crippen LogP) is 4.72. The van der Waals surface area contributed by atoms with E-state index in [-0.39, 0.29) is 29.2 Å². The van der Waals surface area contributed by atoms with E-state index >= 15 is 0 Å². The van der Waals surface area contributed by atoms with Crippen molar-refractivity contribution in [3.05, 3.63) is 60.4 Å². The average Bonchev–Trinajstić information content (AvgIpc) is 3.25. The second-order valence-electron chi connectivity index (χ2n) is 10.6. The molecule has 1 saturated carbocycles. The van der Waals surface area contributed by atoms with E-state index in [1.165, 1.54) is 0 Å². The molecule has 2 atom stereocenters. The number of carbonyl (C=O) groups excluding carboxylic acids is 2.